The maximum atomic E-state index is 6.01. The van der Waals surface area contributed by atoms with Gasteiger partial charge in [0.2, 0.25) is 0 Å². The van der Waals surface area contributed by atoms with Crippen LogP contribution in [-0.4, -0.2) is 0 Å². The topological polar surface area (TPSA) is 18.5 Å². The van der Waals surface area contributed by atoms with E-state index in [1.807, 2.05) is 84.9 Å². The van der Waals surface area contributed by atoms with Gasteiger partial charge in [0, 0.05) is 0 Å². The fourth-order valence-corrected chi connectivity index (χ4v) is 3.61. The highest BCUT2D eigenvalue weighted by atomic mass is 16.5. The normalized spacial score (nSPS) is 10.5. The molecule has 5 aromatic carbocycles. The van der Waals surface area contributed by atoms with Crippen molar-refractivity contribution in [2.24, 2.45) is 0 Å². The zero-order valence-electron chi connectivity index (χ0n) is 17.5. The second kappa shape index (κ2) is 9.23. The van der Waals surface area contributed by atoms with Crippen molar-refractivity contribution in [1.82, 2.24) is 0 Å². The Kier molecular flexibility index (Phi) is 5.67. The maximum absolute atomic E-state index is 6.01. The Bertz CT molecular complexity index is 1210. The van der Waals surface area contributed by atoms with Gasteiger partial charge >= 0.3 is 0 Å². The standard InChI is InChI=1S/C30H22O2/c1-3-14-27(15-4-1)31-29-18-8-12-25(21-29)23-10-7-11-24(20-23)26-13-9-19-30(22-26)32-28-16-5-2-6-17-28/h1-22H. The molecule has 0 aliphatic carbocycles. The summed E-state index contributed by atoms with van der Waals surface area (Å²) >= 11 is 0. The van der Waals surface area contributed by atoms with E-state index >= 15 is 0 Å². The first kappa shape index (κ1) is 19.7. The molecule has 0 saturated carbocycles. The highest BCUT2D eigenvalue weighted by molar-refractivity contribution is 5.74. The second-order valence-electron chi connectivity index (χ2n) is 7.47. The van der Waals surface area contributed by atoms with Crippen LogP contribution in [0.1, 0.15) is 0 Å². The molecule has 5 rings (SSSR count). The predicted octanol–water partition coefficient (Wildman–Crippen LogP) is 8.61. The summed E-state index contributed by atoms with van der Waals surface area (Å²) in [5.74, 6) is 3.29. The first-order valence-electron chi connectivity index (χ1n) is 10.6. The molecule has 154 valence electrons. The van der Waals surface area contributed by atoms with E-state index in [0.29, 0.717) is 0 Å². The molecule has 0 aliphatic rings. The third-order valence-electron chi connectivity index (χ3n) is 5.16. The Hall–Kier alpha value is -4.30. The maximum Gasteiger partial charge on any atom is 0.128 e. The van der Waals surface area contributed by atoms with Gasteiger partial charge in [0.25, 0.3) is 0 Å². The van der Waals surface area contributed by atoms with E-state index < -0.39 is 0 Å². The summed E-state index contributed by atoms with van der Waals surface area (Å²) in [6, 6.07) is 44.5. The van der Waals surface area contributed by atoms with Gasteiger partial charge in [-0.05, 0) is 76.9 Å². The molecule has 0 saturated heterocycles. The van der Waals surface area contributed by atoms with Crippen LogP contribution in [0.3, 0.4) is 0 Å². The van der Waals surface area contributed by atoms with Crippen LogP contribution in [0, 0.1) is 0 Å². The van der Waals surface area contributed by atoms with Gasteiger partial charge in [-0.2, -0.15) is 0 Å². The number of benzene rings is 5. The first-order chi connectivity index (χ1) is 15.8. The number of hydrogen-bond acceptors (Lipinski definition) is 2. The van der Waals surface area contributed by atoms with Gasteiger partial charge in [-0.15, -0.1) is 0 Å². The van der Waals surface area contributed by atoms with Gasteiger partial charge in [-0.25, -0.2) is 0 Å². The SMILES string of the molecule is c1ccc(Oc2cccc(-c3cccc(-c4cccc(Oc5ccccc5)c4)c3)c2)cc1. The number of para-hydroxylation sites is 2. The van der Waals surface area contributed by atoms with Crippen LogP contribution in [0.2, 0.25) is 0 Å². The third-order valence-corrected chi connectivity index (χ3v) is 5.16. The molecule has 2 heteroatoms. The van der Waals surface area contributed by atoms with Crippen LogP contribution in [0.4, 0.5) is 0 Å². The lowest BCUT2D eigenvalue weighted by molar-refractivity contribution is 0.482. The summed E-state index contributed by atoms with van der Waals surface area (Å²) in [4.78, 5) is 0. The number of rotatable bonds is 6. The van der Waals surface area contributed by atoms with E-state index in [-0.39, 0.29) is 0 Å². The second-order valence-corrected chi connectivity index (χ2v) is 7.47. The van der Waals surface area contributed by atoms with Crippen LogP contribution in [-0.2, 0) is 0 Å². The van der Waals surface area contributed by atoms with Crippen LogP contribution in [0.15, 0.2) is 133 Å². The Balaban J connectivity index is 1.41. The lowest BCUT2D eigenvalue weighted by atomic mass is 9.99. The zero-order valence-corrected chi connectivity index (χ0v) is 17.5. The fourth-order valence-electron chi connectivity index (χ4n) is 3.61. The molecule has 32 heavy (non-hydrogen) atoms. The molecule has 0 N–H and O–H groups in total. The predicted molar refractivity (Wildman–Crippen MR) is 130 cm³/mol. The molecule has 0 unspecified atom stereocenters. The largest absolute Gasteiger partial charge is 0.457 e. The van der Waals surface area contributed by atoms with Gasteiger partial charge in [0.05, 0.1) is 0 Å². The lowest BCUT2D eigenvalue weighted by Gasteiger charge is -2.10. The lowest BCUT2D eigenvalue weighted by Crippen LogP contribution is -1.87. The first-order valence-corrected chi connectivity index (χ1v) is 10.6. The smallest absolute Gasteiger partial charge is 0.128 e. The summed E-state index contributed by atoms with van der Waals surface area (Å²) in [7, 11) is 0. The van der Waals surface area contributed by atoms with Crippen molar-refractivity contribution in [2.45, 2.75) is 0 Å². The highest BCUT2D eigenvalue weighted by Crippen LogP contribution is 2.32. The summed E-state index contributed by atoms with van der Waals surface area (Å²) in [6.07, 6.45) is 0. The molecular weight excluding hydrogens is 392 g/mol. The van der Waals surface area contributed by atoms with Crippen molar-refractivity contribution in [3.8, 4) is 45.3 Å². The average molecular weight is 415 g/mol. The van der Waals surface area contributed by atoms with E-state index in [9.17, 15) is 0 Å². The molecule has 0 aliphatic heterocycles. The van der Waals surface area contributed by atoms with Crippen molar-refractivity contribution in [3.05, 3.63) is 133 Å². The molecule has 0 heterocycles. The summed E-state index contributed by atoms with van der Waals surface area (Å²) < 4.78 is 12.0. The van der Waals surface area contributed by atoms with Gasteiger partial charge in [-0.3, -0.25) is 0 Å². The number of hydrogen-bond donors (Lipinski definition) is 0. The summed E-state index contributed by atoms with van der Waals surface area (Å²) in [5, 5.41) is 0. The minimum Gasteiger partial charge on any atom is -0.457 e. The van der Waals surface area contributed by atoms with Crippen LogP contribution in [0.25, 0.3) is 22.3 Å². The van der Waals surface area contributed by atoms with Gasteiger partial charge in [0.1, 0.15) is 23.0 Å². The van der Waals surface area contributed by atoms with E-state index in [0.717, 1.165) is 45.3 Å². The molecule has 0 fully saturated rings. The van der Waals surface area contributed by atoms with Gasteiger partial charge < -0.3 is 9.47 Å². The molecule has 0 spiro atoms. The van der Waals surface area contributed by atoms with Gasteiger partial charge in [-0.1, -0.05) is 78.9 Å². The minimum absolute atomic E-state index is 0.817. The van der Waals surface area contributed by atoms with Crippen molar-refractivity contribution < 1.29 is 9.47 Å². The van der Waals surface area contributed by atoms with E-state index in [4.69, 9.17) is 9.47 Å². The molecular formula is C30H22O2. The molecule has 5 aromatic rings. The Morgan fingerprint density at radius 2 is 0.625 bits per heavy atom. The van der Waals surface area contributed by atoms with Gasteiger partial charge in [0.15, 0.2) is 0 Å². The third kappa shape index (κ3) is 4.71. The molecule has 0 radical (unpaired) electrons. The monoisotopic (exact) mass is 414 g/mol. The molecule has 0 bridgehead atoms. The minimum atomic E-state index is 0.817. The van der Waals surface area contributed by atoms with Crippen LogP contribution in [0.5, 0.6) is 23.0 Å². The summed E-state index contributed by atoms with van der Waals surface area (Å²) in [6.45, 7) is 0. The van der Waals surface area contributed by atoms with Crippen molar-refractivity contribution in [1.29, 1.82) is 0 Å². The molecule has 0 atom stereocenters. The van der Waals surface area contributed by atoms with E-state index in [2.05, 4.69) is 48.5 Å². The Labute approximate surface area is 188 Å². The molecule has 0 aromatic heterocycles. The Morgan fingerprint density at radius 3 is 1.06 bits per heavy atom. The Morgan fingerprint density at radius 1 is 0.281 bits per heavy atom. The summed E-state index contributed by atoms with van der Waals surface area (Å²) in [5.41, 5.74) is 4.49. The van der Waals surface area contributed by atoms with Crippen LogP contribution < -0.4 is 9.47 Å². The molecule has 2 nitrogen and oxygen atoms in total. The van der Waals surface area contributed by atoms with Crippen molar-refractivity contribution >= 4 is 0 Å². The highest BCUT2D eigenvalue weighted by Gasteiger charge is 2.06. The van der Waals surface area contributed by atoms with Crippen LogP contribution >= 0.6 is 0 Å². The molecule has 0 amide bonds. The number of ether oxygens (including phenoxy) is 2. The van der Waals surface area contributed by atoms with Crippen molar-refractivity contribution in [3.63, 3.8) is 0 Å². The zero-order chi connectivity index (χ0) is 21.6. The quantitative estimate of drug-likeness (QED) is 0.277. The van der Waals surface area contributed by atoms with Crippen molar-refractivity contribution in [2.75, 3.05) is 0 Å². The average Bonchev–Trinajstić information content (AvgIpc) is 2.86. The van der Waals surface area contributed by atoms with E-state index in [1.165, 1.54) is 0 Å². The van der Waals surface area contributed by atoms with E-state index in [1.54, 1.807) is 0 Å². The fraction of sp³-hybridized carbons (Fsp3) is 0.